The first-order valence-electron chi connectivity index (χ1n) is 6.61. The molecule has 2 nitrogen and oxygen atoms in total. The van der Waals surface area contributed by atoms with Crippen LogP contribution in [0.1, 0.15) is 32.4 Å². The van der Waals surface area contributed by atoms with E-state index in [1.54, 1.807) is 12.3 Å². The Hall–Kier alpha value is -2.03. The van der Waals surface area contributed by atoms with Crippen molar-refractivity contribution in [3.05, 3.63) is 54.1 Å². The van der Waals surface area contributed by atoms with Crippen molar-refractivity contribution in [2.45, 2.75) is 26.7 Å². The highest BCUT2D eigenvalue weighted by molar-refractivity contribution is 5.79. The van der Waals surface area contributed by atoms with Crippen LogP contribution >= 0.6 is 0 Å². The van der Waals surface area contributed by atoms with Crippen molar-refractivity contribution < 1.29 is 4.39 Å². The van der Waals surface area contributed by atoms with Gasteiger partial charge >= 0.3 is 0 Å². The van der Waals surface area contributed by atoms with Gasteiger partial charge in [0.1, 0.15) is 5.83 Å². The molecule has 0 radical (unpaired) electrons. The molecule has 3 rings (SSSR count). The molecule has 1 aromatic carbocycles. The molecule has 2 aromatic rings. The Morgan fingerprint density at radius 1 is 1.11 bits per heavy atom. The zero-order valence-electron chi connectivity index (χ0n) is 11.2. The first-order valence-corrected chi connectivity index (χ1v) is 6.61. The summed E-state index contributed by atoms with van der Waals surface area (Å²) in [6, 6.07) is 7.68. The number of hydrogen-bond acceptors (Lipinski definition) is 2. The summed E-state index contributed by atoms with van der Waals surface area (Å²) in [7, 11) is 0. The molecular weight excluding hydrogens is 239 g/mol. The highest BCUT2D eigenvalue weighted by atomic mass is 19.1. The molecule has 1 aliphatic carbocycles. The molecule has 0 amide bonds. The molecule has 98 valence electrons. The maximum absolute atomic E-state index is 13.2. The second-order valence-electron chi connectivity index (χ2n) is 4.03. The first kappa shape index (κ1) is 13.4. The van der Waals surface area contributed by atoms with Gasteiger partial charge in [-0.25, -0.2) is 9.37 Å². The third-order valence-corrected chi connectivity index (χ3v) is 2.80. The Morgan fingerprint density at radius 2 is 1.84 bits per heavy atom. The Morgan fingerprint density at radius 3 is 2.58 bits per heavy atom. The lowest BCUT2D eigenvalue weighted by Crippen LogP contribution is -1.94. The number of aromatic nitrogens is 2. The van der Waals surface area contributed by atoms with Crippen LogP contribution in [-0.4, -0.2) is 9.97 Å². The molecule has 0 saturated carbocycles. The molecule has 0 bridgehead atoms. The summed E-state index contributed by atoms with van der Waals surface area (Å²) < 4.78 is 13.2. The summed E-state index contributed by atoms with van der Waals surface area (Å²) in [6.45, 7) is 4.00. The Balaban J connectivity index is 0.000000637. The molecule has 0 aliphatic heterocycles. The molecule has 19 heavy (non-hydrogen) atoms. The van der Waals surface area contributed by atoms with Crippen LogP contribution in [0, 0.1) is 0 Å². The number of benzene rings is 1. The number of hydrogen-bond donors (Lipinski definition) is 0. The van der Waals surface area contributed by atoms with Crippen LogP contribution in [0.15, 0.2) is 48.4 Å². The fourth-order valence-corrected chi connectivity index (χ4v) is 1.94. The zero-order valence-corrected chi connectivity index (χ0v) is 11.2. The maximum Gasteiger partial charge on any atom is 0.101 e. The summed E-state index contributed by atoms with van der Waals surface area (Å²) in [6.07, 6.45) is 6.46. The minimum Gasteiger partial charge on any atom is -0.252 e. The zero-order chi connectivity index (χ0) is 13.7. The molecule has 1 aromatic heterocycles. The van der Waals surface area contributed by atoms with E-state index < -0.39 is 0 Å². The Labute approximate surface area is 112 Å². The molecule has 1 aliphatic rings. The van der Waals surface area contributed by atoms with E-state index in [1.165, 1.54) is 0 Å². The van der Waals surface area contributed by atoms with Gasteiger partial charge in [0.25, 0.3) is 0 Å². The predicted molar refractivity (Wildman–Crippen MR) is 77.3 cm³/mol. The van der Waals surface area contributed by atoms with Crippen LogP contribution in [0.2, 0.25) is 0 Å². The predicted octanol–water partition coefficient (Wildman–Crippen LogP) is 4.69. The van der Waals surface area contributed by atoms with Crippen molar-refractivity contribution >= 4 is 16.6 Å². The average Bonchev–Trinajstić information content (AvgIpc) is 2.49. The van der Waals surface area contributed by atoms with Crippen LogP contribution < -0.4 is 0 Å². The van der Waals surface area contributed by atoms with E-state index in [2.05, 4.69) is 9.97 Å². The smallest absolute Gasteiger partial charge is 0.101 e. The second kappa shape index (κ2) is 6.23. The molecule has 0 fully saturated rings. The number of halogens is 1. The lowest BCUT2D eigenvalue weighted by Gasteiger charge is -2.08. The normalized spacial score (nSPS) is 14.3. The Bertz CT molecular complexity index is 629. The van der Waals surface area contributed by atoms with Crippen LogP contribution in [0.4, 0.5) is 4.39 Å². The lowest BCUT2D eigenvalue weighted by molar-refractivity contribution is 0.589. The standard InChI is InChI=1S/C14H11FN2.C2H6/c15-11-5-3-4-10(8-11)14-9-16-12-6-1-2-7-13(12)17-14;1-2/h1-2,4,6-9H,3,5H2;1-2H3. The summed E-state index contributed by atoms with van der Waals surface area (Å²) in [5, 5.41) is 0. The van der Waals surface area contributed by atoms with Crippen LogP contribution in [0.25, 0.3) is 16.6 Å². The fraction of sp³-hybridized carbons (Fsp3) is 0.250. The van der Waals surface area contributed by atoms with Crippen LogP contribution in [0.5, 0.6) is 0 Å². The van der Waals surface area contributed by atoms with Crippen molar-refractivity contribution in [2.75, 3.05) is 0 Å². The van der Waals surface area contributed by atoms with Gasteiger partial charge in [0.15, 0.2) is 0 Å². The highest BCUT2D eigenvalue weighted by Crippen LogP contribution is 2.25. The number of para-hydroxylation sites is 2. The first-order chi connectivity index (χ1) is 9.33. The lowest BCUT2D eigenvalue weighted by atomic mass is 10.0. The molecule has 0 saturated heterocycles. The number of nitrogens with zero attached hydrogens (tertiary/aromatic N) is 2. The van der Waals surface area contributed by atoms with E-state index >= 15 is 0 Å². The van der Waals surface area contributed by atoms with Gasteiger partial charge in [0, 0.05) is 12.0 Å². The van der Waals surface area contributed by atoms with E-state index in [0.29, 0.717) is 6.42 Å². The summed E-state index contributed by atoms with van der Waals surface area (Å²) in [5.41, 5.74) is 3.26. The molecule has 0 spiro atoms. The second-order valence-corrected chi connectivity index (χ2v) is 4.03. The van der Waals surface area contributed by atoms with E-state index in [0.717, 1.165) is 28.7 Å². The molecule has 0 unspecified atom stereocenters. The minimum absolute atomic E-state index is 0.0857. The van der Waals surface area contributed by atoms with Gasteiger partial charge in [-0.05, 0) is 24.6 Å². The van der Waals surface area contributed by atoms with Crippen molar-refractivity contribution in [2.24, 2.45) is 0 Å². The Kier molecular flexibility index (Phi) is 4.39. The average molecular weight is 256 g/mol. The maximum atomic E-state index is 13.2. The topological polar surface area (TPSA) is 25.8 Å². The number of fused-ring (bicyclic) bond motifs is 1. The van der Waals surface area contributed by atoms with E-state index in [-0.39, 0.29) is 5.83 Å². The van der Waals surface area contributed by atoms with Gasteiger partial charge in [-0.1, -0.05) is 32.1 Å². The van der Waals surface area contributed by atoms with Gasteiger partial charge < -0.3 is 0 Å². The highest BCUT2D eigenvalue weighted by Gasteiger charge is 2.08. The van der Waals surface area contributed by atoms with E-state index in [4.69, 9.17) is 0 Å². The quantitative estimate of drug-likeness (QED) is 0.740. The van der Waals surface area contributed by atoms with Gasteiger partial charge in [-0.15, -0.1) is 0 Å². The largest absolute Gasteiger partial charge is 0.252 e. The van der Waals surface area contributed by atoms with Gasteiger partial charge in [-0.2, -0.15) is 0 Å². The molecule has 3 heteroatoms. The van der Waals surface area contributed by atoms with E-state index in [1.807, 2.05) is 44.2 Å². The van der Waals surface area contributed by atoms with Crippen molar-refractivity contribution in [1.82, 2.24) is 9.97 Å². The third kappa shape index (κ3) is 3.05. The van der Waals surface area contributed by atoms with Crippen molar-refractivity contribution in [3.8, 4) is 0 Å². The summed E-state index contributed by atoms with van der Waals surface area (Å²) in [4.78, 5) is 8.82. The SMILES string of the molecule is CC.FC1=CC(c2cnc3ccccc3n2)=CCC1. The van der Waals surface area contributed by atoms with Crippen LogP contribution in [-0.2, 0) is 0 Å². The van der Waals surface area contributed by atoms with Gasteiger partial charge in [-0.3, -0.25) is 4.98 Å². The summed E-state index contributed by atoms with van der Waals surface area (Å²) in [5.74, 6) is -0.0857. The third-order valence-electron chi connectivity index (χ3n) is 2.80. The van der Waals surface area contributed by atoms with Gasteiger partial charge in [0.2, 0.25) is 0 Å². The molecular formula is C16H17FN2. The van der Waals surface area contributed by atoms with Gasteiger partial charge in [0.05, 0.1) is 22.9 Å². The fourth-order valence-electron chi connectivity index (χ4n) is 1.94. The molecule has 0 atom stereocenters. The molecule has 1 heterocycles. The monoisotopic (exact) mass is 256 g/mol. The summed E-state index contributed by atoms with van der Waals surface area (Å²) >= 11 is 0. The minimum atomic E-state index is -0.0857. The van der Waals surface area contributed by atoms with Crippen molar-refractivity contribution in [3.63, 3.8) is 0 Å². The number of rotatable bonds is 1. The number of allylic oxidation sites excluding steroid dienone is 4. The molecule has 0 N–H and O–H groups in total. The van der Waals surface area contributed by atoms with E-state index in [9.17, 15) is 4.39 Å². The van der Waals surface area contributed by atoms with Crippen molar-refractivity contribution in [1.29, 1.82) is 0 Å². The van der Waals surface area contributed by atoms with Crippen LogP contribution in [0.3, 0.4) is 0 Å².